The van der Waals surface area contributed by atoms with Gasteiger partial charge in [0, 0.05) is 49.8 Å². The lowest BCUT2D eigenvalue weighted by atomic mass is 9.94. The molecule has 0 spiro atoms. The highest BCUT2D eigenvalue weighted by atomic mass is 16.3. The number of hydrogen-bond donors (Lipinski definition) is 0. The van der Waals surface area contributed by atoms with E-state index in [1.54, 1.807) is 0 Å². The largest absolute Gasteiger partial charge is 0.456 e. The number of furan rings is 1. The van der Waals surface area contributed by atoms with Gasteiger partial charge in [-0.3, -0.25) is 0 Å². The Morgan fingerprint density at radius 1 is 0.415 bits per heavy atom. The molecule has 0 aliphatic heterocycles. The van der Waals surface area contributed by atoms with Crippen molar-refractivity contribution in [3.8, 4) is 22.6 Å². The molecule has 0 saturated heterocycles. The number of oxazole rings is 1. The molecule has 9 aromatic carbocycles. The summed E-state index contributed by atoms with van der Waals surface area (Å²) in [6, 6.07) is 63.9. The molecule has 4 heteroatoms. The van der Waals surface area contributed by atoms with Gasteiger partial charge < -0.3 is 13.7 Å². The maximum Gasteiger partial charge on any atom is 0.227 e. The Morgan fingerprint density at radius 3 is 1.92 bits per heavy atom. The molecule has 0 amide bonds. The van der Waals surface area contributed by atoms with E-state index in [1.165, 1.54) is 0 Å². The number of para-hydroxylation sites is 2. The molecule has 0 bridgehead atoms. The van der Waals surface area contributed by atoms with E-state index >= 15 is 0 Å². The van der Waals surface area contributed by atoms with Gasteiger partial charge in [-0.15, -0.1) is 0 Å². The van der Waals surface area contributed by atoms with Crippen LogP contribution in [0.3, 0.4) is 0 Å². The SMILES string of the molecule is c1ccc(-c2nc3ccc4ccc5ccc6c(N(c7ccc8c(c7)oc7ccccc78)c7ccccc7-c7ccccc7)cccc6c5c4c3o2)cc1. The molecule has 0 aliphatic carbocycles. The van der Waals surface area contributed by atoms with Crippen molar-refractivity contribution in [2.45, 2.75) is 0 Å². The lowest BCUT2D eigenvalue weighted by Gasteiger charge is -2.29. The molecular formula is C49H30N2O2. The minimum absolute atomic E-state index is 0.621. The number of rotatable bonds is 5. The third-order valence-corrected chi connectivity index (χ3v) is 10.5. The fourth-order valence-corrected chi connectivity index (χ4v) is 8.05. The predicted octanol–water partition coefficient (Wildman–Crippen LogP) is 14.0. The number of fused-ring (bicyclic) bond motifs is 10. The lowest BCUT2D eigenvalue weighted by molar-refractivity contribution is 0.623. The van der Waals surface area contributed by atoms with E-state index in [2.05, 4.69) is 144 Å². The fourth-order valence-electron chi connectivity index (χ4n) is 8.05. The van der Waals surface area contributed by atoms with Crippen molar-refractivity contribution in [2.75, 3.05) is 4.90 Å². The van der Waals surface area contributed by atoms with Crippen molar-refractivity contribution in [1.29, 1.82) is 0 Å². The molecule has 2 heterocycles. The van der Waals surface area contributed by atoms with Crippen molar-refractivity contribution in [3.63, 3.8) is 0 Å². The van der Waals surface area contributed by atoms with Gasteiger partial charge in [0.1, 0.15) is 16.7 Å². The standard InChI is InChI=1S/C49H30N2O2/c1-3-12-31(13-4-1)36-16-7-9-19-42(36)51(35-26-28-39-38-17-8-10-21-44(38)52-45(39)30-35)43-20-11-18-40-37(43)27-24-32-22-23-33-25-29-41-48(47(33)46(32)40)53-49(50-41)34-14-5-2-6-15-34/h1-30H. The highest BCUT2D eigenvalue weighted by Crippen LogP contribution is 2.47. The zero-order valence-corrected chi connectivity index (χ0v) is 28.5. The Kier molecular flexibility index (Phi) is 6.52. The monoisotopic (exact) mass is 678 g/mol. The first kappa shape index (κ1) is 29.5. The van der Waals surface area contributed by atoms with Crippen LogP contribution in [0, 0.1) is 0 Å². The van der Waals surface area contributed by atoms with E-state index in [0.717, 1.165) is 99.1 Å². The minimum Gasteiger partial charge on any atom is -0.456 e. The van der Waals surface area contributed by atoms with Gasteiger partial charge in [0.2, 0.25) is 5.89 Å². The Labute approximate surface area is 304 Å². The molecular weight excluding hydrogens is 649 g/mol. The smallest absolute Gasteiger partial charge is 0.227 e. The van der Waals surface area contributed by atoms with Crippen LogP contribution in [0.1, 0.15) is 0 Å². The van der Waals surface area contributed by atoms with Gasteiger partial charge >= 0.3 is 0 Å². The number of hydrogen-bond acceptors (Lipinski definition) is 4. The van der Waals surface area contributed by atoms with Gasteiger partial charge in [0.15, 0.2) is 5.58 Å². The summed E-state index contributed by atoms with van der Waals surface area (Å²) >= 11 is 0. The zero-order chi connectivity index (χ0) is 34.9. The van der Waals surface area contributed by atoms with E-state index in [9.17, 15) is 0 Å². The first-order chi connectivity index (χ1) is 26.3. The Hall–Kier alpha value is -7.17. The van der Waals surface area contributed by atoms with E-state index in [1.807, 2.05) is 42.5 Å². The Bertz CT molecular complexity index is 3180. The van der Waals surface area contributed by atoms with Crippen molar-refractivity contribution < 1.29 is 8.83 Å². The van der Waals surface area contributed by atoms with Crippen molar-refractivity contribution in [1.82, 2.24) is 4.98 Å². The second kappa shape index (κ2) is 11.7. The van der Waals surface area contributed by atoms with E-state index < -0.39 is 0 Å². The van der Waals surface area contributed by atoms with Crippen LogP contribution in [0.4, 0.5) is 17.1 Å². The molecule has 4 nitrogen and oxygen atoms in total. The second-order valence-corrected chi connectivity index (χ2v) is 13.5. The van der Waals surface area contributed by atoms with E-state index in [-0.39, 0.29) is 0 Å². The van der Waals surface area contributed by atoms with Crippen LogP contribution in [0.25, 0.3) is 87.9 Å². The molecule has 0 fully saturated rings. The molecule has 248 valence electrons. The zero-order valence-electron chi connectivity index (χ0n) is 28.5. The van der Waals surface area contributed by atoms with Crippen LogP contribution >= 0.6 is 0 Å². The summed E-state index contributed by atoms with van der Waals surface area (Å²) in [5, 5.41) is 8.95. The fraction of sp³-hybridized carbons (Fsp3) is 0. The minimum atomic E-state index is 0.621. The summed E-state index contributed by atoms with van der Waals surface area (Å²) in [6.45, 7) is 0. The van der Waals surface area contributed by atoms with Gasteiger partial charge in [-0.25, -0.2) is 4.98 Å². The molecule has 0 saturated carbocycles. The summed E-state index contributed by atoms with van der Waals surface area (Å²) in [6.07, 6.45) is 0. The average molecular weight is 679 g/mol. The third kappa shape index (κ3) is 4.66. The number of aromatic nitrogens is 1. The first-order valence-electron chi connectivity index (χ1n) is 17.9. The molecule has 0 aliphatic rings. The lowest BCUT2D eigenvalue weighted by Crippen LogP contribution is -2.11. The second-order valence-electron chi connectivity index (χ2n) is 13.5. The number of nitrogens with zero attached hydrogens (tertiary/aromatic N) is 2. The maximum atomic E-state index is 6.64. The molecule has 11 rings (SSSR count). The third-order valence-electron chi connectivity index (χ3n) is 10.5. The Balaban J connectivity index is 1.21. The summed E-state index contributed by atoms with van der Waals surface area (Å²) in [5.41, 5.74) is 9.77. The van der Waals surface area contributed by atoms with Gasteiger partial charge in [-0.1, -0.05) is 127 Å². The van der Waals surface area contributed by atoms with Crippen molar-refractivity contribution in [3.05, 3.63) is 182 Å². The maximum absolute atomic E-state index is 6.64. The van der Waals surface area contributed by atoms with Crippen LogP contribution in [0.15, 0.2) is 191 Å². The number of anilines is 3. The summed E-state index contributed by atoms with van der Waals surface area (Å²) in [5.74, 6) is 0.621. The molecule has 0 atom stereocenters. The average Bonchev–Trinajstić information content (AvgIpc) is 3.83. The van der Waals surface area contributed by atoms with Crippen LogP contribution in [-0.2, 0) is 0 Å². The highest BCUT2D eigenvalue weighted by molar-refractivity contribution is 6.27. The molecule has 11 aromatic rings. The molecule has 0 unspecified atom stereocenters. The van der Waals surface area contributed by atoms with Crippen LogP contribution < -0.4 is 4.90 Å². The summed E-state index contributed by atoms with van der Waals surface area (Å²) in [4.78, 5) is 7.32. The van der Waals surface area contributed by atoms with Crippen LogP contribution in [-0.4, -0.2) is 4.98 Å². The predicted molar refractivity (Wildman–Crippen MR) is 219 cm³/mol. The quantitative estimate of drug-likeness (QED) is 0.170. The molecule has 0 N–H and O–H groups in total. The van der Waals surface area contributed by atoms with Crippen molar-refractivity contribution >= 4 is 82.4 Å². The summed E-state index contributed by atoms with van der Waals surface area (Å²) in [7, 11) is 0. The van der Waals surface area contributed by atoms with Gasteiger partial charge in [0.05, 0.1) is 11.4 Å². The van der Waals surface area contributed by atoms with Gasteiger partial charge in [0.25, 0.3) is 0 Å². The van der Waals surface area contributed by atoms with Crippen molar-refractivity contribution in [2.24, 2.45) is 0 Å². The first-order valence-corrected chi connectivity index (χ1v) is 17.9. The Morgan fingerprint density at radius 2 is 1.06 bits per heavy atom. The molecule has 53 heavy (non-hydrogen) atoms. The highest BCUT2D eigenvalue weighted by Gasteiger charge is 2.22. The topological polar surface area (TPSA) is 42.4 Å². The van der Waals surface area contributed by atoms with Gasteiger partial charge in [-0.05, 0) is 70.3 Å². The normalized spacial score (nSPS) is 11.8. The van der Waals surface area contributed by atoms with Gasteiger partial charge in [-0.2, -0.15) is 0 Å². The number of benzene rings is 9. The van der Waals surface area contributed by atoms with E-state index in [0.29, 0.717) is 5.89 Å². The molecule has 0 radical (unpaired) electrons. The van der Waals surface area contributed by atoms with Crippen LogP contribution in [0.2, 0.25) is 0 Å². The molecule has 2 aromatic heterocycles. The summed E-state index contributed by atoms with van der Waals surface area (Å²) < 4.78 is 13.1. The van der Waals surface area contributed by atoms with E-state index in [4.69, 9.17) is 13.8 Å². The van der Waals surface area contributed by atoms with Crippen LogP contribution in [0.5, 0.6) is 0 Å².